The molecule has 154 valence electrons. The molecule has 3 aliphatic rings. The fourth-order valence-corrected chi connectivity index (χ4v) is 5.33. The van der Waals surface area contributed by atoms with E-state index in [0.717, 1.165) is 45.0 Å². The summed E-state index contributed by atoms with van der Waals surface area (Å²) in [5, 5.41) is 3.11. The van der Waals surface area contributed by atoms with Crippen LogP contribution in [0.15, 0.2) is 30.3 Å². The Balaban J connectivity index is 1.27. The molecular weight excluding hydrogens is 350 g/mol. The molecule has 1 aliphatic carbocycles. The van der Waals surface area contributed by atoms with Gasteiger partial charge in [-0.3, -0.25) is 4.90 Å². The van der Waals surface area contributed by atoms with Crippen LogP contribution >= 0.6 is 0 Å². The molecule has 1 atom stereocenters. The number of benzene rings is 1. The van der Waals surface area contributed by atoms with Crippen LogP contribution in [0.4, 0.5) is 4.79 Å². The summed E-state index contributed by atoms with van der Waals surface area (Å²) >= 11 is 0. The van der Waals surface area contributed by atoms with Crippen molar-refractivity contribution in [2.45, 2.75) is 44.6 Å². The van der Waals surface area contributed by atoms with Crippen LogP contribution in [-0.2, 0) is 11.2 Å². The summed E-state index contributed by atoms with van der Waals surface area (Å²) in [6.45, 7) is 5.68. The van der Waals surface area contributed by atoms with Gasteiger partial charge in [0.2, 0.25) is 0 Å². The predicted octanol–water partition coefficient (Wildman–Crippen LogP) is 3.15. The zero-order chi connectivity index (χ0) is 19.4. The molecule has 5 nitrogen and oxygen atoms in total. The first-order chi connectivity index (χ1) is 13.7. The normalized spacial score (nSPS) is 25.0. The molecular formula is C23H35N3O2. The summed E-state index contributed by atoms with van der Waals surface area (Å²) in [6, 6.07) is 11.2. The standard InChI is InChI=1S/C23H35N3O2/c1-28-17-20-16-26(21-8-5-9-21)18-23(20)11-14-25(15-12-23)22(27)24-13-10-19-6-3-2-4-7-19/h2-4,6-7,20-21H,5,8-18H2,1H3,(H,24,27). The molecule has 2 heterocycles. The largest absolute Gasteiger partial charge is 0.384 e. The van der Waals surface area contributed by atoms with E-state index in [1.54, 1.807) is 0 Å². The van der Waals surface area contributed by atoms with E-state index in [9.17, 15) is 4.79 Å². The number of nitrogens with zero attached hydrogens (tertiary/aromatic N) is 2. The molecule has 2 amide bonds. The SMILES string of the molecule is COCC1CN(C2CCC2)CC12CCN(C(=O)NCCc1ccccc1)CC2. The van der Waals surface area contributed by atoms with Crippen LogP contribution < -0.4 is 5.32 Å². The number of piperidine rings is 1. The third-order valence-corrected chi connectivity index (χ3v) is 7.38. The molecule has 0 radical (unpaired) electrons. The molecule has 28 heavy (non-hydrogen) atoms. The monoisotopic (exact) mass is 385 g/mol. The second-order valence-electron chi connectivity index (χ2n) is 8.98. The van der Waals surface area contributed by atoms with Crippen molar-refractivity contribution in [3.63, 3.8) is 0 Å². The van der Waals surface area contributed by atoms with Crippen molar-refractivity contribution in [1.29, 1.82) is 0 Å². The smallest absolute Gasteiger partial charge is 0.317 e. The Hall–Kier alpha value is -1.59. The van der Waals surface area contributed by atoms with Crippen molar-refractivity contribution in [3.8, 4) is 0 Å². The Morgan fingerprint density at radius 2 is 1.96 bits per heavy atom. The van der Waals surface area contributed by atoms with Crippen LogP contribution in [0, 0.1) is 11.3 Å². The highest BCUT2D eigenvalue weighted by molar-refractivity contribution is 5.74. The number of rotatable bonds is 6. The van der Waals surface area contributed by atoms with Gasteiger partial charge in [0.15, 0.2) is 0 Å². The zero-order valence-corrected chi connectivity index (χ0v) is 17.2. The maximum atomic E-state index is 12.6. The van der Waals surface area contributed by atoms with E-state index in [2.05, 4.69) is 22.3 Å². The molecule has 0 aromatic heterocycles. The number of likely N-dealkylation sites (tertiary alicyclic amines) is 2. The molecule has 4 rings (SSSR count). The predicted molar refractivity (Wildman–Crippen MR) is 111 cm³/mol. The highest BCUT2D eigenvalue weighted by atomic mass is 16.5. The molecule has 5 heteroatoms. The maximum Gasteiger partial charge on any atom is 0.317 e. The van der Waals surface area contributed by atoms with Crippen LogP contribution in [0.1, 0.15) is 37.7 Å². The third kappa shape index (κ3) is 4.20. The van der Waals surface area contributed by atoms with Crippen LogP contribution in [0.25, 0.3) is 0 Å². The van der Waals surface area contributed by atoms with E-state index in [-0.39, 0.29) is 6.03 Å². The average molecular weight is 386 g/mol. The number of amides is 2. The maximum absolute atomic E-state index is 12.6. The Kier molecular flexibility index (Phi) is 6.22. The van der Waals surface area contributed by atoms with Gasteiger partial charge in [-0.1, -0.05) is 36.8 Å². The fourth-order valence-electron chi connectivity index (χ4n) is 5.33. The molecule has 2 saturated heterocycles. The van der Waals surface area contributed by atoms with Crippen LogP contribution in [0.5, 0.6) is 0 Å². The van der Waals surface area contributed by atoms with Crippen molar-refractivity contribution >= 4 is 6.03 Å². The summed E-state index contributed by atoms with van der Waals surface area (Å²) in [5.74, 6) is 0.612. The first-order valence-corrected chi connectivity index (χ1v) is 11.0. The number of urea groups is 1. The lowest BCUT2D eigenvalue weighted by Gasteiger charge is -2.43. The van der Waals surface area contributed by atoms with E-state index in [4.69, 9.17) is 4.74 Å². The van der Waals surface area contributed by atoms with Gasteiger partial charge in [-0.05, 0) is 43.1 Å². The zero-order valence-electron chi connectivity index (χ0n) is 17.2. The first-order valence-electron chi connectivity index (χ1n) is 11.0. The highest BCUT2D eigenvalue weighted by Gasteiger charge is 2.50. The van der Waals surface area contributed by atoms with E-state index in [0.29, 0.717) is 17.9 Å². The van der Waals surface area contributed by atoms with Gasteiger partial charge in [0.25, 0.3) is 0 Å². The molecule has 1 unspecified atom stereocenters. The van der Waals surface area contributed by atoms with Gasteiger partial charge in [-0.25, -0.2) is 4.79 Å². The minimum absolute atomic E-state index is 0.0999. The van der Waals surface area contributed by atoms with Gasteiger partial charge in [0, 0.05) is 51.8 Å². The van der Waals surface area contributed by atoms with Crippen molar-refractivity contribution < 1.29 is 9.53 Å². The minimum atomic E-state index is 0.0999. The quantitative estimate of drug-likeness (QED) is 0.818. The van der Waals surface area contributed by atoms with Crippen molar-refractivity contribution in [2.75, 3.05) is 46.4 Å². The summed E-state index contributed by atoms with van der Waals surface area (Å²) < 4.78 is 5.58. The lowest BCUT2D eigenvalue weighted by molar-refractivity contribution is 0.0457. The van der Waals surface area contributed by atoms with Crippen molar-refractivity contribution in [1.82, 2.24) is 15.1 Å². The summed E-state index contributed by atoms with van der Waals surface area (Å²) in [4.78, 5) is 17.4. The molecule has 3 fully saturated rings. The van der Waals surface area contributed by atoms with Gasteiger partial charge >= 0.3 is 6.03 Å². The summed E-state index contributed by atoms with van der Waals surface area (Å²) in [5.41, 5.74) is 1.61. The number of carbonyl (C=O) groups is 1. The number of methoxy groups -OCH3 is 1. The van der Waals surface area contributed by atoms with Crippen molar-refractivity contribution in [2.24, 2.45) is 11.3 Å². The highest BCUT2D eigenvalue weighted by Crippen LogP contribution is 2.47. The average Bonchev–Trinajstić information content (AvgIpc) is 2.99. The Labute approximate surface area is 169 Å². The lowest BCUT2D eigenvalue weighted by Crippen LogP contribution is -2.50. The Bertz CT molecular complexity index is 639. The van der Waals surface area contributed by atoms with Crippen LogP contribution in [0.2, 0.25) is 0 Å². The Morgan fingerprint density at radius 3 is 2.61 bits per heavy atom. The third-order valence-electron chi connectivity index (χ3n) is 7.38. The van der Waals surface area contributed by atoms with E-state index < -0.39 is 0 Å². The first kappa shape index (κ1) is 19.7. The van der Waals surface area contributed by atoms with E-state index in [1.165, 1.54) is 37.9 Å². The molecule has 1 aromatic rings. The molecule has 0 bridgehead atoms. The minimum Gasteiger partial charge on any atom is -0.384 e. The second-order valence-corrected chi connectivity index (χ2v) is 8.98. The number of hydrogen-bond acceptors (Lipinski definition) is 3. The van der Waals surface area contributed by atoms with Crippen LogP contribution in [0.3, 0.4) is 0 Å². The fraction of sp³-hybridized carbons (Fsp3) is 0.696. The van der Waals surface area contributed by atoms with E-state index >= 15 is 0 Å². The van der Waals surface area contributed by atoms with Crippen molar-refractivity contribution in [3.05, 3.63) is 35.9 Å². The molecule has 1 N–H and O–H groups in total. The number of hydrogen-bond donors (Lipinski definition) is 1. The number of ether oxygens (including phenoxy) is 1. The van der Waals surface area contributed by atoms with E-state index in [1.807, 2.05) is 30.2 Å². The van der Waals surface area contributed by atoms with Gasteiger partial charge in [-0.15, -0.1) is 0 Å². The van der Waals surface area contributed by atoms with Gasteiger partial charge in [-0.2, -0.15) is 0 Å². The molecule has 1 spiro atoms. The second kappa shape index (κ2) is 8.83. The van der Waals surface area contributed by atoms with Gasteiger partial charge in [0.1, 0.15) is 0 Å². The molecule has 1 aromatic carbocycles. The topological polar surface area (TPSA) is 44.8 Å². The van der Waals surface area contributed by atoms with Crippen LogP contribution in [-0.4, -0.2) is 68.3 Å². The number of nitrogens with one attached hydrogen (secondary N) is 1. The molecule has 1 saturated carbocycles. The number of carbonyl (C=O) groups excluding carboxylic acids is 1. The Morgan fingerprint density at radius 1 is 1.21 bits per heavy atom. The summed E-state index contributed by atoms with van der Waals surface area (Å²) in [6.07, 6.45) is 7.22. The van der Waals surface area contributed by atoms with Gasteiger partial charge in [0.05, 0.1) is 6.61 Å². The van der Waals surface area contributed by atoms with Gasteiger partial charge < -0.3 is 15.0 Å². The summed E-state index contributed by atoms with van der Waals surface area (Å²) in [7, 11) is 1.83. The molecule has 2 aliphatic heterocycles. The lowest BCUT2D eigenvalue weighted by atomic mass is 9.71.